The molecule has 26 heavy (non-hydrogen) atoms. The highest BCUT2D eigenvalue weighted by molar-refractivity contribution is 7.71. The molecule has 5 heteroatoms. The summed E-state index contributed by atoms with van der Waals surface area (Å²) in [5.41, 5.74) is 5.16. The minimum absolute atomic E-state index is 0.646. The summed E-state index contributed by atoms with van der Waals surface area (Å²) in [6.45, 7) is 0. The van der Waals surface area contributed by atoms with Crippen LogP contribution in [-0.4, -0.2) is 19.1 Å². The van der Waals surface area contributed by atoms with Crippen molar-refractivity contribution in [3.8, 4) is 11.4 Å². The van der Waals surface area contributed by atoms with E-state index < -0.39 is 0 Å². The average molecular weight is 354 g/mol. The van der Waals surface area contributed by atoms with E-state index in [4.69, 9.17) is 22.2 Å². The summed E-state index contributed by atoms with van der Waals surface area (Å²) in [6.07, 6.45) is 0. The summed E-state index contributed by atoms with van der Waals surface area (Å²) in [6, 6.07) is 28.0. The number of nitrogens with zero attached hydrogens (tertiary/aromatic N) is 4. The molecule has 0 amide bonds. The van der Waals surface area contributed by atoms with Gasteiger partial charge in [-0.25, -0.2) is 9.97 Å². The van der Waals surface area contributed by atoms with Crippen molar-refractivity contribution in [1.29, 1.82) is 0 Å². The second-order valence-electron chi connectivity index (χ2n) is 5.98. The lowest BCUT2D eigenvalue weighted by Gasteiger charge is -2.04. The zero-order valence-electron chi connectivity index (χ0n) is 13.8. The van der Waals surface area contributed by atoms with E-state index in [-0.39, 0.29) is 0 Å². The van der Waals surface area contributed by atoms with Gasteiger partial charge in [-0.1, -0.05) is 48.5 Å². The summed E-state index contributed by atoms with van der Waals surface area (Å²) >= 11 is 5.84. The first kappa shape index (κ1) is 15.0. The summed E-state index contributed by atoms with van der Waals surface area (Å²) in [5.74, 6) is 0. The highest BCUT2D eigenvalue weighted by Gasteiger charge is 2.17. The van der Waals surface area contributed by atoms with Crippen molar-refractivity contribution >= 4 is 34.5 Å². The van der Waals surface area contributed by atoms with Gasteiger partial charge in [0.25, 0.3) is 0 Å². The van der Waals surface area contributed by atoms with Crippen LogP contribution >= 0.6 is 12.2 Å². The van der Waals surface area contributed by atoms with Gasteiger partial charge in [0.15, 0.2) is 16.1 Å². The van der Waals surface area contributed by atoms with Crippen molar-refractivity contribution in [3.63, 3.8) is 0 Å². The van der Waals surface area contributed by atoms with Crippen molar-refractivity contribution in [2.45, 2.75) is 0 Å². The lowest BCUT2D eigenvalue weighted by molar-refractivity contribution is 0.970. The Morgan fingerprint density at radius 1 is 0.538 bits per heavy atom. The number of imidazole rings is 1. The molecule has 0 atom stereocenters. The van der Waals surface area contributed by atoms with Gasteiger partial charge in [0, 0.05) is 11.4 Å². The number of fused-ring (bicyclic) bond motifs is 2. The maximum Gasteiger partial charge on any atom is 0.192 e. The molecular weight excluding hydrogens is 340 g/mol. The fourth-order valence-corrected chi connectivity index (χ4v) is 3.57. The van der Waals surface area contributed by atoms with E-state index in [1.54, 1.807) is 0 Å². The lowest BCUT2D eigenvalue weighted by atomic mass is 10.3. The second kappa shape index (κ2) is 5.89. The van der Waals surface area contributed by atoms with Gasteiger partial charge in [-0.2, -0.15) is 0 Å². The molecule has 5 rings (SSSR count). The van der Waals surface area contributed by atoms with Gasteiger partial charge in [0.2, 0.25) is 0 Å². The van der Waals surface area contributed by atoms with Gasteiger partial charge < -0.3 is 0 Å². The molecule has 2 heterocycles. The Bertz CT molecular complexity index is 1190. The highest BCUT2D eigenvalue weighted by Crippen LogP contribution is 2.25. The SMILES string of the molecule is S=c1n(-c2ccccc2)c2nc3ccccc3nc2n1-c1ccccc1. The van der Waals surface area contributed by atoms with Gasteiger partial charge in [0.05, 0.1) is 11.0 Å². The van der Waals surface area contributed by atoms with E-state index in [0.717, 1.165) is 33.7 Å². The first-order chi connectivity index (χ1) is 12.8. The van der Waals surface area contributed by atoms with Gasteiger partial charge in [-0.3, -0.25) is 9.13 Å². The molecule has 0 saturated heterocycles. The molecule has 124 valence electrons. The number of hydrogen-bond donors (Lipinski definition) is 0. The Balaban J connectivity index is 1.97. The van der Waals surface area contributed by atoms with Crippen LogP contribution < -0.4 is 0 Å². The minimum atomic E-state index is 0.646. The van der Waals surface area contributed by atoms with E-state index in [1.165, 1.54) is 0 Å². The van der Waals surface area contributed by atoms with E-state index in [1.807, 2.05) is 94.1 Å². The van der Waals surface area contributed by atoms with Crippen molar-refractivity contribution in [2.75, 3.05) is 0 Å². The number of aromatic nitrogens is 4. The van der Waals surface area contributed by atoms with Crippen molar-refractivity contribution in [3.05, 3.63) is 89.7 Å². The smallest absolute Gasteiger partial charge is 0.192 e. The molecule has 5 aromatic rings. The third kappa shape index (κ3) is 2.25. The largest absolute Gasteiger partial charge is 0.268 e. The molecule has 0 fully saturated rings. The molecule has 0 bridgehead atoms. The fourth-order valence-electron chi connectivity index (χ4n) is 3.18. The van der Waals surface area contributed by atoms with E-state index >= 15 is 0 Å². The van der Waals surface area contributed by atoms with Gasteiger partial charge in [0.1, 0.15) is 0 Å². The summed E-state index contributed by atoms with van der Waals surface area (Å²) in [7, 11) is 0. The van der Waals surface area contributed by atoms with Crippen molar-refractivity contribution < 1.29 is 0 Å². The zero-order chi connectivity index (χ0) is 17.5. The predicted molar refractivity (Wildman–Crippen MR) is 107 cm³/mol. The third-order valence-electron chi connectivity index (χ3n) is 4.37. The molecule has 0 aliphatic heterocycles. The van der Waals surface area contributed by atoms with Crippen LogP contribution in [0.2, 0.25) is 0 Å². The standard InChI is InChI=1S/C21H14N4S/c26-21-24(15-9-3-1-4-10-15)19-20(25(21)16-11-5-2-6-12-16)23-18-14-8-7-13-17(18)22-19/h1-14H. The van der Waals surface area contributed by atoms with E-state index in [2.05, 4.69) is 0 Å². The fraction of sp³-hybridized carbons (Fsp3) is 0. The summed E-state index contributed by atoms with van der Waals surface area (Å²) in [4.78, 5) is 9.75. The summed E-state index contributed by atoms with van der Waals surface area (Å²) < 4.78 is 4.61. The topological polar surface area (TPSA) is 35.6 Å². The van der Waals surface area contributed by atoms with E-state index in [0.29, 0.717) is 4.77 Å². The normalized spacial score (nSPS) is 11.2. The van der Waals surface area contributed by atoms with Crippen LogP contribution in [0.15, 0.2) is 84.9 Å². The summed E-state index contributed by atoms with van der Waals surface area (Å²) in [5, 5.41) is 0. The highest BCUT2D eigenvalue weighted by atomic mass is 32.1. The monoisotopic (exact) mass is 354 g/mol. The Morgan fingerprint density at radius 2 is 0.923 bits per heavy atom. The predicted octanol–water partition coefficient (Wildman–Crippen LogP) is 5.09. The Kier molecular flexibility index (Phi) is 3.40. The molecule has 0 unspecified atom stereocenters. The number of benzene rings is 3. The molecular formula is C21H14N4S. The molecule has 0 spiro atoms. The molecule has 2 aromatic heterocycles. The quantitative estimate of drug-likeness (QED) is 0.414. The van der Waals surface area contributed by atoms with Crippen LogP contribution in [0.4, 0.5) is 0 Å². The van der Waals surface area contributed by atoms with Crippen LogP contribution in [0.5, 0.6) is 0 Å². The third-order valence-corrected chi connectivity index (χ3v) is 4.73. The van der Waals surface area contributed by atoms with Crippen molar-refractivity contribution in [1.82, 2.24) is 19.1 Å². The average Bonchev–Trinajstić information content (AvgIpc) is 2.98. The molecule has 0 N–H and O–H groups in total. The Hall–Kier alpha value is -3.31. The zero-order valence-corrected chi connectivity index (χ0v) is 14.6. The molecule has 0 radical (unpaired) electrons. The van der Waals surface area contributed by atoms with Crippen LogP contribution in [0, 0.1) is 4.77 Å². The maximum absolute atomic E-state index is 5.84. The van der Waals surface area contributed by atoms with Gasteiger partial charge in [-0.15, -0.1) is 0 Å². The van der Waals surface area contributed by atoms with Gasteiger partial charge >= 0.3 is 0 Å². The lowest BCUT2D eigenvalue weighted by Crippen LogP contribution is -1.98. The Labute approximate surface area is 155 Å². The number of rotatable bonds is 2. The van der Waals surface area contributed by atoms with E-state index in [9.17, 15) is 0 Å². The van der Waals surface area contributed by atoms with Crippen LogP contribution in [0.25, 0.3) is 33.7 Å². The Morgan fingerprint density at radius 3 is 1.35 bits per heavy atom. The molecule has 4 nitrogen and oxygen atoms in total. The van der Waals surface area contributed by atoms with Crippen LogP contribution in [0.3, 0.4) is 0 Å². The molecule has 3 aromatic carbocycles. The molecule has 0 aliphatic rings. The first-order valence-electron chi connectivity index (χ1n) is 8.34. The molecule has 0 saturated carbocycles. The van der Waals surface area contributed by atoms with Crippen molar-refractivity contribution in [2.24, 2.45) is 0 Å². The first-order valence-corrected chi connectivity index (χ1v) is 8.75. The minimum Gasteiger partial charge on any atom is -0.268 e. The van der Waals surface area contributed by atoms with Crippen LogP contribution in [0.1, 0.15) is 0 Å². The second-order valence-corrected chi connectivity index (χ2v) is 6.35. The molecule has 0 aliphatic carbocycles. The van der Waals surface area contributed by atoms with Crippen LogP contribution in [-0.2, 0) is 0 Å². The number of hydrogen-bond acceptors (Lipinski definition) is 3. The van der Waals surface area contributed by atoms with Gasteiger partial charge in [-0.05, 0) is 48.6 Å². The number of para-hydroxylation sites is 4. The maximum atomic E-state index is 5.84.